The van der Waals surface area contributed by atoms with Crippen LogP contribution in [-0.4, -0.2) is 14.3 Å². The van der Waals surface area contributed by atoms with Gasteiger partial charge in [-0.1, -0.05) is 77.8 Å². The highest BCUT2D eigenvalue weighted by Crippen LogP contribution is 2.31. The molecule has 0 aliphatic carbocycles. The molecule has 0 saturated carbocycles. The quantitative estimate of drug-likeness (QED) is 0.270. The molecule has 1 amide bonds. The van der Waals surface area contributed by atoms with E-state index < -0.39 is 10.0 Å². The minimum atomic E-state index is -3.87. The van der Waals surface area contributed by atoms with Crippen LogP contribution in [0.3, 0.4) is 0 Å². The van der Waals surface area contributed by atoms with Crippen LogP contribution in [0.2, 0.25) is 5.02 Å². The number of benzene rings is 4. The molecule has 0 aromatic heterocycles. The molecular weight excluding hydrogens is 504 g/mol. The summed E-state index contributed by atoms with van der Waals surface area (Å²) in [5, 5.41) is 3.47. The Kier molecular flexibility index (Phi) is 8.00. The van der Waals surface area contributed by atoms with E-state index in [0.717, 1.165) is 22.3 Å². The predicted octanol–water partition coefficient (Wildman–Crippen LogP) is 6.84. The van der Waals surface area contributed by atoms with Crippen molar-refractivity contribution >= 4 is 33.2 Å². The minimum absolute atomic E-state index is 0.0834. The van der Waals surface area contributed by atoms with Crippen LogP contribution in [0.4, 0.5) is 5.69 Å². The molecule has 0 unspecified atom stereocenters. The summed E-state index contributed by atoms with van der Waals surface area (Å²) in [5.74, 6) is -0.195. The average molecular weight is 533 g/mol. The van der Waals surface area contributed by atoms with Gasteiger partial charge < -0.3 is 5.32 Å². The highest BCUT2D eigenvalue weighted by Gasteiger charge is 2.26. The average Bonchev–Trinajstić information content (AvgIpc) is 2.90. The first-order valence-corrected chi connectivity index (χ1v) is 13.8. The molecular formula is C30H29ClN2O3S. The number of hydrogen-bond donors (Lipinski definition) is 1. The van der Waals surface area contributed by atoms with Gasteiger partial charge in [0.05, 0.1) is 23.2 Å². The molecule has 0 radical (unpaired) electrons. The summed E-state index contributed by atoms with van der Waals surface area (Å²) >= 11 is 6.24. The van der Waals surface area contributed by atoms with Crippen LogP contribution in [0.15, 0.2) is 102 Å². The molecule has 0 heterocycles. The van der Waals surface area contributed by atoms with Crippen molar-refractivity contribution in [1.29, 1.82) is 0 Å². The number of hydrogen-bond acceptors (Lipinski definition) is 3. The number of rotatable bonds is 8. The van der Waals surface area contributed by atoms with Crippen molar-refractivity contribution in [2.75, 3.05) is 4.31 Å². The summed E-state index contributed by atoms with van der Waals surface area (Å²) in [5.41, 5.74) is 4.71. The van der Waals surface area contributed by atoms with E-state index in [1.54, 1.807) is 72.8 Å². The van der Waals surface area contributed by atoms with Gasteiger partial charge in [0, 0.05) is 10.6 Å². The number of nitrogens with zero attached hydrogens (tertiary/aromatic N) is 1. The number of sulfonamides is 1. The van der Waals surface area contributed by atoms with Gasteiger partial charge >= 0.3 is 0 Å². The normalized spacial score (nSPS) is 12.1. The lowest BCUT2D eigenvalue weighted by Crippen LogP contribution is -2.31. The Bertz CT molecular complexity index is 1490. The number of nitrogens with one attached hydrogen (secondary N) is 1. The molecule has 0 fully saturated rings. The van der Waals surface area contributed by atoms with Crippen molar-refractivity contribution < 1.29 is 13.2 Å². The second-order valence-corrected chi connectivity index (χ2v) is 11.4. The fourth-order valence-corrected chi connectivity index (χ4v) is 5.71. The third-order valence-corrected chi connectivity index (χ3v) is 8.25. The smallest absolute Gasteiger partial charge is 0.264 e. The highest BCUT2D eigenvalue weighted by atomic mass is 35.5. The molecule has 190 valence electrons. The lowest BCUT2D eigenvalue weighted by Gasteiger charge is -2.26. The number of anilines is 1. The van der Waals surface area contributed by atoms with Crippen molar-refractivity contribution in [3.63, 3.8) is 0 Å². The first-order valence-electron chi connectivity index (χ1n) is 12.0. The molecule has 0 saturated heterocycles. The van der Waals surface area contributed by atoms with E-state index in [1.165, 1.54) is 4.31 Å². The molecule has 4 rings (SSSR count). The molecule has 1 N–H and O–H groups in total. The third kappa shape index (κ3) is 6.21. The highest BCUT2D eigenvalue weighted by molar-refractivity contribution is 7.92. The summed E-state index contributed by atoms with van der Waals surface area (Å²) in [6.45, 7) is 5.90. The van der Waals surface area contributed by atoms with E-state index in [-0.39, 0.29) is 23.4 Å². The van der Waals surface area contributed by atoms with Crippen LogP contribution >= 0.6 is 11.6 Å². The Morgan fingerprint density at radius 3 is 2.19 bits per heavy atom. The maximum Gasteiger partial charge on any atom is 0.264 e. The van der Waals surface area contributed by atoms with E-state index >= 15 is 0 Å². The monoisotopic (exact) mass is 532 g/mol. The van der Waals surface area contributed by atoms with E-state index in [4.69, 9.17) is 11.6 Å². The maximum absolute atomic E-state index is 13.7. The van der Waals surface area contributed by atoms with E-state index in [0.29, 0.717) is 16.3 Å². The Hall–Kier alpha value is -3.61. The molecule has 0 bridgehead atoms. The molecule has 7 heteroatoms. The van der Waals surface area contributed by atoms with Crippen molar-refractivity contribution in [3.8, 4) is 0 Å². The largest absolute Gasteiger partial charge is 0.346 e. The Morgan fingerprint density at radius 2 is 1.54 bits per heavy atom. The summed E-state index contributed by atoms with van der Waals surface area (Å²) in [4.78, 5) is 13.0. The standard InChI is InChI=1S/C30H29ClN2O3S/c1-21-9-14-25(15-10-21)23(3)32-30(34)26-16-12-24(13-17-26)20-33(29-19-27(31)18-11-22(29)2)37(35,36)28-7-5-4-6-8-28/h4-19,23H,20H2,1-3H3,(H,32,34)/t23-/m1/s1. The lowest BCUT2D eigenvalue weighted by atomic mass is 10.1. The van der Waals surface area contributed by atoms with Gasteiger partial charge in [-0.2, -0.15) is 0 Å². The number of carbonyl (C=O) groups excluding carboxylic acids is 1. The molecule has 0 aliphatic rings. The predicted molar refractivity (Wildman–Crippen MR) is 150 cm³/mol. The van der Waals surface area contributed by atoms with E-state index in [1.807, 2.05) is 45.0 Å². The molecule has 0 aliphatic heterocycles. The van der Waals surface area contributed by atoms with E-state index in [9.17, 15) is 13.2 Å². The van der Waals surface area contributed by atoms with Gasteiger partial charge in [-0.25, -0.2) is 8.42 Å². The first kappa shape index (κ1) is 26.5. The van der Waals surface area contributed by atoms with Crippen molar-refractivity contribution in [1.82, 2.24) is 5.32 Å². The fourth-order valence-electron chi connectivity index (χ4n) is 4.02. The van der Waals surface area contributed by atoms with Crippen molar-refractivity contribution in [2.24, 2.45) is 0 Å². The Labute approximate surface area is 223 Å². The fraction of sp³-hybridized carbons (Fsp3) is 0.167. The summed E-state index contributed by atoms with van der Waals surface area (Å²) in [6, 6.07) is 28.4. The van der Waals surface area contributed by atoms with Crippen molar-refractivity contribution in [2.45, 2.75) is 38.3 Å². The summed E-state index contributed by atoms with van der Waals surface area (Å²) in [7, 11) is -3.87. The second-order valence-electron chi connectivity index (χ2n) is 9.06. The maximum atomic E-state index is 13.7. The number of halogens is 1. The van der Waals surface area contributed by atoms with Gasteiger partial charge in [0.15, 0.2) is 0 Å². The van der Waals surface area contributed by atoms with Crippen molar-refractivity contribution in [3.05, 3.63) is 130 Å². The van der Waals surface area contributed by atoms with Crippen LogP contribution < -0.4 is 9.62 Å². The number of amides is 1. The number of carbonyl (C=O) groups is 1. The van der Waals surface area contributed by atoms with Crippen LogP contribution in [0, 0.1) is 13.8 Å². The molecule has 37 heavy (non-hydrogen) atoms. The van der Waals surface area contributed by atoms with Crippen LogP contribution in [0.25, 0.3) is 0 Å². The minimum Gasteiger partial charge on any atom is -0.346 e. The lowest BCUT2D eigenvalue weighted by molar-refractivity contribution is 0.0940. The zero-order valence-corrected chi connectivity index (χ0v) is 22.6. The zero-order valence-electron chi connectivity index (χ0n) is 21.0. The molecule has 1 atom stereocenters. The van der Waals surface area contributed by atoms with Crippen LogP contribution in [0.1, 0.15) is 45.6 Å². The Morgan fingerprint density at radius 1 is 0.892 bits per heavy atom. The van der Waals surface area contributed by atoms with Gasteiger partial charge in [-0.15, -0.1) is 0 Å². The first-order chi connectivity index (χ1) is 17.6. The molecule has 5 nitrogen and oxygen atoms in total. The van der Waals surface area contributed by atoms with Gasteiger partial charge in [0.25, 0.3) is 15.9 Å². The molecule has 4 aromatic rings. The summed E-state index contributed by atoms with van der Waals surface area (Å²) in [6.07, 6.45) is 0. The van der Waals surface area contributed by atoms with Gasteiger partial charge in [0.1, 0.15) is 0 Å². The topological polar surface area (TPSA) is 66.5 Å². The molecule has 4 aromatic carbocycles. The molecule has 0 spiro atoms. The third-order valence-electron chi connectivity index (χ3n) is 6.24. The van der Waals surface area contributed by atoms with Crippen LogP contribution in [0.5, 0.6) is 0 Å². The van der Waals surface area contributed by atoms with Crippen LogP contribution in [-0.2, 0) is 16.6 Å². The SMILES string of the molecule is Cc1ccc([C@@H](C)NC(=O)c2ccc(CN(c3cc(Cl)ccc3C)S(=O)(=O)c3ccccc3)cc2)cc1. The van der Waals surface area contributed by atoms with E-state index in [2.05, 4.69) is 5.32 Å². The Balaban J connectivity index is 1.58. The van der Waals surface area contributed by atoms with Gasteiger partial charge in [-0.05, 0) is 73.9 Å². The van der Waals surface area contributed by atoms with Gasteiger partial charge in [-0.3, -0.25) is 9.10 Å². The number of aryl methyl sites for hydroxylation is 2. The van der Waals surface area contributed by atoms with Gasteiger partial charge in [0.2, 0.25) is 0 Å². The zero-order chi connectivity index (χ0) is 26.6. The summed E-state index contributed by atoms with van der Waals surface area (Å²) < 4.78 is 28.7. The second kappa shape index (κ2) is 11.2.